The molecule has 124 heavy (non-hydrogen) atoms. The molecule has 28 nitrogen and oxygen atoms in total. The van der Waals surface area contributed by atoms with Gasteiger partial charge in [-0.25, -0.2) is 0 Å². The normalized spacial score (nSPS) is 53.3. The second-order valence-electron chi connectivity index (χ2n) is 44.8. The number of ketones is 6. The highest BCUT2D eigenvalue weighted by Crippen LogP contribution is 2.83. The first-order valence-corrected chi connectivity index (χ1v) is 46.1. The third-order valence-electron chi connectivity index (χ3n) is 38.5. The lowest BCUT2D eigenvalue weighted by Gasteiger charge is -2.73. The SMILES string of the molecule is C=C1C(=O)[C@]23[C@H](O)[C@H]1CC[C@H]2[C@@]12CO[C@@]3(O)[C@@H](O)[C@@H]1C(C)(C)CC1=C2O[C@@H](OCC)CC1.C=C1C(=O)[C@]23[C@H](O)[C@H]1CC[C@H]2[C@@]12CO[C@@]3(O)[C@@H](O)[C@@H]1C(C)(C)CC1=C2O[C@H](OCC)CC1.C=C1C(=O)[C@]23[C@H](O)[C@H]1CC[C@H]2[C@@]12CO[C@@]3(O)[C@@H](O)[C@@H]1C(C)(C)C[C@@H](CCOC)C2=O.C=C1C(=O)[C@]23[C@H](O)[C@H]1CC[C@H]2[C@@]12CO[C@@]3(O)[C@@H](O)[C@@H]1C(C)(C)C[C@H](CCOC)C2=O. The molecule has 26 rings (SSSR count). The zero-order valence-electron chi connectivity index (χ0n) is 74.0. The minimum Gasteiger partial charge on any atom is -0.469 e. The van der Waals surface area contributed by atoms with E-state index in [0.29, 0.717) is 115 Å². The van der Waals surface area contributed by atoms with Crippen LogP contribution >= 0.6 is 0 Å². The first-order valence-electron chi connectivity index (χ1n) is 46.1. The summed E-state index contributed by atoms with van der Waals surface area (Å²) in [7, 11) is 3.20. The van der Waals surface area contributed by atoms with Gasteiger partial charge in [0.05, 0.1) is 72.5 Å². The lowest BCUT2D eigenvalue weighted by molar-refractivity contribution is -0.444. The molecule has 28 heteroatoms. The molecule has 0 aromatic carbocycles. The van der Waals surface area contributed by atoms with Crippen molar-refractivity contribution in [3.8, 4) is 0 Å². The fourth-order valence-electron chi connectivity index (χ4n) is 34.9. The van der Waals surface area contributed by atoms with Crippen LogP contribution in [0.1, 0.15) is 185 Å². The second-order valence-corrected chi connectivity index (χ2v) is 44.8. The Hall–Kier alpha value is -4.74. The number of ether oxygens (including phenoxy) is 10. The Bertz CT molecular complexity index is 4410. The van der Waals surface area contributed by atoms with E-state index >= 15 is 0 Å². The number of aliphatic hydroxyl groups is 12. The van der Waals surface area contributed by atoms with Crippen LogP contribution in [0.5, 0.6) is 0 Å². The van der Waals surface area contributed by atoms with Gasteiger partial charge < -0.3 is 109 Å². The van der Waals surface area contributed by atoms with E-state index in [1.165, 1.54) is 11.1 Å². The molecule has 36 atom stereocenters. The molecule has 10 heterocycles. The van der Waals surface area contributed by atoms with E-state index in [-0.39, 0.29) is 108 Å². The van der Waals surface area contributed by atoms with E-state index < -0.39 is 197 Å². The van der Waals surface area contributed by atoms with Crippen LogP contribution in [0.3, 0.4) is 0 Å². The molecule has 0 radical (unpaired) electrons. The van der Waals surface area contributed by atoms with Gasteiger partial charge in [0.25, 0.3) is 0 Å². The van der Waals surface area contributed by atoms with Crippen LogP contribution in [0.2, 0.25) is 0 Å². The number of carbonyl (C=O) groups excluding carboxylic acids is 6. The monoisotopic (exact) mass is 1730 g/mol. The van der Waals surface area contributed by atoms with Crippen LogP contribution < -0.4 is 0 Å². The van der Waals surface area contributed by atoms with Crippen molar-refractivity contribution in [2.75, 3.05) is 67.1 Å². The number of hydrogen-bond acceptors (Lipinski definition) is 28. The van der Waals surface area contributed by atoms with E-state index in [4.69, 9.17) is 47.4 Å². The van der Waals surface area contributed by atoms with Crippen molar-refractivity contribution in [1.82, 2.24) is 0 Å². The summed E-state index contributed by atoms with van der Waals surface area (Å²) < 4.78 is 59.0. The number of aliphatic hydroxyl groups excluding tert-OH is 8. The predicted octanol–water partition coefficient (Wildman–Crippen LogP) is 5.80. The number of allylic oxidation sites excluding steroid dienone is 2. The van der Waals surface area contributed by atoms with Crippen LogP contribution in [0.25, 0.3) is 0 Å². The highest BCUT2D eigenvalue weighted by atomic mass is 16.7. The van der Waals surface area contributed by atoms with Gasteiger partial charge in [0.15, 0.2) is 35.7 Å². The maximum Gasteiger partial charge on any atom is 0.208 e. The molecule has 0 aromatic rings. The molecule has 16 aliphatic carbocycles. The van der Waals surface area contributed by atoms with Gasteiger partial charge in [-0.1, -0.05) is 81.7 Å². The van der Waals surface area contributed by atoms with E-state index in [0.717, 1.165) is 50.0 Å². The van der Waals surface area contributed by atoms with E-state index in [1.54, 1.807) is 14.2 Å². The third kappa shape index (κ3) is 9.75. The van der Waals surface area contributed by atoms with Crippen molar-refractivity contribution >= 4 is 34.7 Å². The van der Waals surface area contributed by atoms with Gasteiger partial charge in [0.2, 0.25) is 23.1 Å². The Kier molecular flexibility index (Phi) is 19.9. The summed E-state index contributed by atoms with van der Waals surface area (Å²) in [6, 6.07) is 0. The lowest BCUT2D eigenvalue weighted by Crippen LogP contribution is -2.85. The number of Topliss-reactive ketones (excluding diaryl/α,β-unsaturated/α-hetero) is 6. The zero-order chi connectivity index (χ0) is 89.4. The topological polar surface area (TPSA) is 437 Å². The average Bonchev–Trinajstić information content (AvgIpc) is 1.31. The molecular weight excluding hydrogens is 1600 g/mol. The predicted molar refractivity (Wildman–Crippen MR) is 436 cm³/mol. The number of methoxy groups -OCH3 is 2. The molecule has 16 bridgehead atoms. The van der Waals surface area contributed by atoms with Crippen molar-refractivity contribution in [2.24, 2.45) is 148 Å². The molecule has 12 N–H and O–H groups in total. The van der Waals surface area contributed by atoms with Gasteiger partial charge >= 0.3 is 0 Å². The number of hydrogen-bond donors (Lipinski definition) is 12. The van der Waals surface area contributed by atoms with Crippen molar-refractivity contribution in [1.29, 1.82) is 0 Å². The van der Waals surface area contributed by atoms with Crippen LogP contribution in [-0.4, -0.2) is 248 Å². The summed E-state index contributed by atoms with van der Waals surface area (Å²) in [4.78, 5) is 82.7. The molecule has 8 spiro atoms. The first kappa shape index (κ1) is 88.5. The van der Waals surface area contributed by atoms with E-state index in [2.05, 4.69) is 54.0 Å². The Morgan fingerprint density at radius 1 is 0.363 bits per heavy atom. The van der Waals surface area contributed by atoms with Crippen LogP contribution in [0.4, 0.5) is 0 Å². The number of carbonyl (C=O) groups is 6. The van der Waals surface area contributed by atoms with Gasteiger partial charge in [-0.3, -0.25) is 28.8 Å². The quantitative estimate of drug-likeness (QED) is 0.115. The summed E-state index contributed by atoms with van der Waals surface area (Å²) in [6.45, 7) is 38.3. The Balaban J connectivity index is 0.000000108. The standard InChI is InChI=1S/2C25H34O7.2C23H32O7/c2*1-5-30-16-9-6-13-10-22(3,4)17-20(28)25(29)24-15(23(17,11-31-25)21(13)32-16)8-7-14(19(24)27)12(2)18(24)26;2*1-11-13-5-6-14-21-10-30-23(28,22(14,16(11)24)18(13)26)19(27)15(21)20(2,3)9-12(17(21)25)7-8-29-4/h2*14-17,19-20,27-29H,2,5-11H2,1,3-4H3;2*12-15,18-19,26-28H,1,5-10H2,2-4H3/t14-,15-,16+,17+,19+,20-,23-,24-,25-;14-,15-,16-,17+,19+,20-,23-,24-,25-;12-,13+,14+,15-,18-,19+,21+,22+,23+;12-,13-,14-,15+,18+,19-,21-,22-,23-/m0010/s1. The molecule has 22 fully saturated rings. The summed E-state index contributed by atoms with van der Waals surface area (Å²) in [5, 5.41) is 139. The average molecular weight is 1730 g/mol. The first-order chi connectivity index (χ1) is 58.2. The molecule has 10 aliphatic heterocycles. The summed E-state index contributed by atoms with van der Waals surface area (Å²) >= 11 is 0. The van der Waals surface area contributed by atoms with Crippen LogP contribution in [0, 0.1) is 148 Å². The zero-order valence-corrected chi connectivity index (χ0v) is 74.0. The minimum atomic E-state index is -2.23. The van der Waals surface area contributed by atoms with Crippen molar-refractivity contribution in [2.45, 2.75) is 269 Å². The van der Waals surface area contributed by atoms with Crippen molar-refractivity contribution < 1.29 is 137 Å². The summed E-state index contributed by atoms with van der Waals surface area (Å²) in [6.07, 6.45) is 0.445. The molecule has 14 saturated carbocycles. The Morgan fingerprint density at radius 3 is 0.887 bits per heavy atom. The molecule has 26 aliphatic rings. The van der Waals surface area contributed by atoms with Crippen LogP contribution in [-0.2, 0) is 76.1 Å². The Morgan fingerprint density at radius 2 is 0.621 bits per heavy atom. The highest BCUT2D eigenvalue weighted by Gasteiger charge is 2.93. The van der Waals surface area contributed by atoms with Crippen molar-refractivity contribution in [3.05, 3.63) is 71.3 Å². The summed E-state index contributed by atoms with van der Waals surface area (Å²) in [5.41, 5.74) is -8.68. The van der Waals surface area contributed by atoms with Gasteiger partial charge in [-0.2, -0.15) is 0 Å². The van der Waals surface area contributed by atoms with Gasteiger partial charge in [-0.05, 0) is 195 Å². The summed E-state index contributed by atoms with van der Waals surface area (Å²) in [5.74, 6) is -15.1. The molecule has 0 amide bonds. The lowest BCUT2D eigenvalue weighted by atomic mass is 9.35. The number of rotatable bonds is 10. The van der Waals surface area contributed by atoms with E-state index in [9.17, 15) is 90.0 Å². The molecule has 684 valence electrons. The van der Waals surface area contributed by atoms with E-state index in [1.807, 2.05) is 41.5 Å². The second kappa shape index (κ2) is 27.9. The van der Waals surface area contributed by atoms with Crippen LogP contribution in [0.15, 0.2) is 71.3 Å². The Labute approximate surface area is 724 Å². The van der Waals surface area contributed by atoms with Crippen molar-refractivity contribution in [3.63, 3.8) is 0 Å². The molecule has 0 unspecified atom stereocenters. The smallest absolute Gasteiger partial charge is 0.208 e. The fourth-order valence-corrected chi connectivity index (χ4v) is 34.9. The maximum atomic E-state index is 14.1. The fraction of sp³-hybridized carbons (Fsp3) is 0.812. The maximum absolute atomic E-state index is 14.1. The highest BCUT2D eigenvalue weighted by molar-refractivity contribution is 6.08. The van der Waals surface area contributed by atoms with Gasteiger partial charge in [0, 0.05) is 113 Å². The molecular formula is C96H132O28. The third-order valence-corrected chi connectivity index (χ3v) is 38.5. The van der Waals surface area contributed by atoms with Gasteiger partial charge in [-0.15, -0.1) is 0 Å². The largest absolute Gasteiger partial charge is 0.469 e. The molecule has 0 aromatic heterocycles. The molecule has 8 saturated heterocycles. The van der Waals surface area contributed by atoms with Gasteiger partial charge in [0.1, 0.15) is 69.2 Å². The number of fused-ring (bicyclic) bond motifs is 8. The minimum absolute atomic E-state index is 0.0231.